The highest BCUT2D eigenvalue weighted by Gasteiger charge is 2.14. The van der Waals surface area contributed by atoms with Crippen molar-refractivity contribution in [1.82, 2.24) is 5.32 Å². The molecule has 0 heterocycles. The van der Waals surface area contributed by atoms with Crippen LogP contribution < -0.4 is 10.1 Å². The van der Waals surface area contributed by atoms with Crippen molar-refractivity contribution in [3.63, 3.8) is 0 Å². The van der Waals surface area contributed by atoms with Gasteiger partial charge in [-0.1, -0.05) is 30.3 Å². The van der Waals surface area contributed by atoms with Crippen molar-refractivity contribution in [1.29, 1.82) is 0 Å². The molecule has 5 nitrogen and oxygen atoms in total. The number of rotatable bonds is 7. The predicted octanol–water partition coefficient (Wildman–Crippen LogP) is 3.65. The fourth-order valence-electron chi connectivity index (χ4n) is 2.00. The van der Waals surface area contributed by atoms with Crippen molar-refractivity contribution in [2.75, 3.05) is 13.2 Å². The molecule has 0 aromatic heterocycles. The molecule has 0 atom stereocenters. The average Bonchev–Trinajstić information content (AvgIpc) is 2.54. The molecular weight excluding hydrogens is 442 g/mol. The summed E-state index contributed by atoms with van der Waals surface area (Å²) in [6, 6.07) is 12.7. The molecule has 0 aliphatic heterocycles. The van der Waals surface area contributed by atoms with Gasteiger partial charge in [0.1, 0.15) is 5.75 Å². The largest absolute Gasteiger partial charge is 0.481 e. The minimum absolute atomic E-state index is 0.119. The van der Waals surface area contributed by atoms with Crippen LogP contribution in [0.4, 0.5) is 0 Å². The van der Waals surface area contributed by atoms with Crippen molar-refractivity contribution >= 4 is 43.7 Å². The van der Waals surface area contributed by atoms with Gasteiger partial charge in [0.2, 0.25) is 0 Å². The lowest BCUT2D eigenvalue weighted by Crippen LogP contribution is -2.30. The molecule has 0 fully saturated rings. The number of benzene rings is 2. The second-order valence-corrected chi connectivity index (χ2v) is 6.66. The number of nitrogens with one attached hydrogen (secondary N) is 1. The Labute approximate surface area is 156 Å². The van der Waals surface area contributed by atoms with Crippen molar-refractivity contribution in [3.8, 4) is 5.75 Å². The van der Waals surface area contributed by atoms with Gasteiger partial charge in [0.15, 0.2) is 6.61 Å². The van der Waals surface area contributed by atoms with Crippen LogP contribution in [0.2, 0.25) is 0 Å². The fraction of sp³-hybridized carbons (Fsp3) is 0.176. The van der Waals surface area contributed by atoms with E-state index < -0.39 is 5.97 Å². The zero-order valence-electron chi connectivity index (χ0n) is 12.6. The molecule has 0 bridgehead atoms. The molecule has 1 amide bonds. The van der Waals surface area contributed by atoms with E-state index in [9.17, 15) is 9.59 Å². The van der Waals surface area contributed by atoms with Crippen LogP contribution in [0.1, 0.15) is 15.9 Å². The van der Waals surface area contributed by atoms with E-state index in [2.05, 4.69) is 37.2 Å². The van der Waals surface area contributed by atoms with E-state index in [1.807, 2.05) is 30.3 Å². The number of hydrogen-bond donors (Lipinski definition) is 2. The van der Waals surface area contributed by atoms with Crippen molar-refractivity contribution in [2.24, 2.45) is 0 Å². The number of carbonyl (C=O) groups is 2. The first-order chi connectivity index (χ1) is 11.5. The highest BCUT2D eigenvalue weighted by molar-refractivity contribution is 9.11. The van der Waals surface area contributed by atoms with Crippen LogP contribution in [-0.2, 0) is 11.2 Å². The second kappa shape index (κ2) is 8.84. The van der Waals surface area contributed by atoms with E-state index in [1.165, 1.54) is 12.1 Å². The number of aromatic carboxylic acids is 1. The summed E-state index contributed by atoms with van der Waals surface area (Å²) in [7, 11) is 0. The zero-order chi connectivity index (χ0) is 17.5. The molecule has 2 rings (SSSR count). The molecule has 2 aromatic rings. The molecule has 24 heavy (non-hydrogen) atoms. The third-order valence-electron chi connectivity index (χ3n) is 3.17. The third-order valence-corrected chi connectivity index (χ3v) is 4.35. The number of hydrogen-bond acceptors (Lipinski definition) is 3. The Morgan fingerprint density at radius 1 is 1.08 bits per heavy atom. The van der Waals surface area contributed by atoms with E-state index in [0.29, 0.717) is 21.2 Å². The summed E-state index contributed by atoms with van der Waals surface area (Å²) in [5, 5.41) is 11.8. The number of carbonyl (C=O) groups excluding carboxylic acids is 1. The number of carboxylic acids is 1. The summed E-state index contributed by atoms with van der Waals surface area (Å²) in [6.45, 7) is 0.366. The number of ether oxygens (including phenoxy) is 1. The first-order valence-electron chi connectivity index (χ1n) is 7.13. The molecule has 0 radical (unpaired) electrons. The van der Waals surface area contributed by atoms with E-state index in [0.717, 1.165) is 12.0 Å². The van der Waals surface area contributed by atoms with Crippen LogP contribution in [-0.4, -0.2) is 30.1 Å². The van der Waals surface area contributed by atoms with Gasteiger partial charge in [0, 0.05) is 6.54 Å². The predicted molar refractivity (Wildman–Crippen MR) is 97.5 cm³/mol. The SMILES string of the molecule is O=C(COc1c(Br)cc(C(=O)O)cc1Br)NCCc1ccccc1. The maximum Gasteiger partial charge on any atom is 0.335 e. The molecule has 0 saturated carbocycles. The van der Waals surface area contributed by atoms with Gasteiger partial charge in [-0.05, 0) is 56.0 Å². The topological polar surface area (TPSA) is 75.6 Å². The second-order valence-electron chi connectivity index (χ2n) is 4.95. The van der Waals surface area contributed by atoms with Crippen LogP contribution in [0.25, 0.3) is 0 Å². The normalized spacial score (nSPS) is 10.2. The van der Waals surface area contributed by atoms with E-state index in [1.54, 1.807) is 0 Å². The highest BCUT2D eigenvalue weighted by Crippen LogP contribution is 2.34. The van der Waals surface area contributed by atoms with Gasteiger partial charge >= 0.3 is 5.97 Å². The summed E-state index contributed by atoms with van der Waals surface area (Å²) in [5.74, 6) is -0.896. The number of halogens is 2. The lowest BCUT2D eigenvalue weighted by Gasteiger charge is -2.11. The Morgan fingerprint density at radius 2 is 1.71 bits per heavy atom. The fourth-order valence-corrected chi connectivity index (χ4v) is 3.42. The quantitative estimate of drug-likeness (QED) is 0.666. The summed E-state index contributed by atoms with van der Waals surface area (Å²) in [5.41, 5.74) is 1.27. The Hall–Kier alpha value is -1.86. The molecular formula is C17H15Br2NO4. The van der Waals surface area contributed by atoms with E-state index in [4.69, 9.17) is 9.84 Å². The smallest absolute Gasteiger partial charge is 0.335 e. The Bertz CT molecular complexity index is 712. The lowest BCUT2D eigenvalue weighted by atomic mass is 10.1. The third kappa shape index (κ3) is 5.35. The first kappa shape index (κ1) is 18.5. The zero-order valence-corrected chi connectivity index (χ0v) is 15.8. The molecule has 7 heteroatoms. The Balaban J connectivity index is 1.84. The summed E-state index contributed by atoms with van der Waals surface area (Å²) < 4.78 is 6.40. The van der Waals surface area contributed by atoms with Gasteiger partial charge < -0.3 is 15.2 Å². The van der Waals surface area contributed by atoms with Gasteiger partial charge in [-0.25, -0.2) is 4.79 Å². The van der Waals surface area contributed by atoms with Crippen LogP contribution in [0.3, 0.4) is 0 Å². The first-order valence-corrected chi connectivity index (χ1v) is 8.71. The monoisotopic (exact) mass is 455 g/mol. The molecule has 0 unspecified atom stereocenters. The molecule has 0 spiro atoms. The van der Waals surface area contributed by atoms with Crippen molar-refractivity contribution in [3.05, 3.63) is 62.5 Å². The van der Waals surface area contributed by atoms with Gasteiger partial charge in [-0.15, -0.1) is 0 Å². The Kier molecular flexibility index (Phi) is 6.81. The minimum atomic E-state index is -1.04. The maximum absolute atomic E-state index is 11.8. The van der Waals surface area contributed by atoms with Gasteiger partial charge in [-0.2, -0.15) is 0 Å². The maximum atomic E-state index is 11.8. The number of carboxylic acid groups (broad SMARTS) is 1. The lowest BCUT2D eigenvalue weighted by molar-refractivity contribution is -0.123. The molecule has 0 saturated heterocycles. The summed E-state index contributed by atoms with van der Waals surface area (Å²) in [4.78, 5) is 22.8. The molecule has 0 aliphatic rings. The summed E-state index contributed by atoms with van der Waals surface area (Å²) in [6.07, 6.45) is 0.743. The standard InChI is InChI=1S/C17H15Br2NO4/c18-13-8-12(17(22)23)9-14(19)16(13)24-10-15(21)20-7-6-11-4-2-1-3-5-11/h1-5,8-9H,6-7,10H2,(H,20,21)(H,22,23). The van der Waals surface area contributed by atoms with E-state index in [-0.39, 0.29) is 18.1 Å². The van der Waals surface area contributed by atoms with Gasteiger partial charge in [0.25, 0.3) is 5.91 Å². The van der Waals surface area contributed by atoms with Crippen molar-refractivity contribution < 1.29 is 19.4 Å². The number of amides is 1. The summed E-state index contributed by atoms with van der Waals surface area (Å²) >= 11 is 6.50. The van der Waals surface area contributed by atoms with Crippen LogP contribution in [0.15, 0.2) is 51.4 Å². The van der Waals surface area contributed by atoms with Gasteiger partial charge in [-0.3, -0.25) is 4.79 Å². The minimum Gasteiger partial charge on any atom is -0.481 e. The van der Waals surface area contributed by atoms with E-state index >= 15 is 0 Å². The van der Waals surface area contributed by atoms with Crippen LogP contribution in [0.5, 0.6) is 5.75 Å². The Morgan fingerprint density at radius 3 is 2.29 bits per heavy atom. The van der Waals surface area contributed by atoms with Crippen LogP contribution >= 0.6 is 31.9 Å². The molecule has 2 N–H and O–H groups in total. The average molecular weight is 457 g/mol. The molecule has 2 aromatic carbocycles. The molecule has 0 aliphatic carbocycles. The van der Waals surface area contributed by atoms with Crippen molar-refractivity contribution in [2.45, 2.75) is 6.42 Å². The van der Waals surface area contributed by atoms with Crippen LogP contribution in [0, 0.1) is 0 Å². The highest BCUT2D eigenvalue weighted by atomic mass is 79.9. The molecule has 126 valence electrons. The van der Waals surface area contributed by atoms with Gasteiger partial charge in [0.05, 0.1) is 14.5 Å².